The predicted octanol–water partition coefficient (Wildman–Crippen LogP) is 3.10. The molecule has 0 radical (unpaired) electrons. The molecule has 1 unspecified atom stereocenters. The van der Waals surface area contributed by atoms with E-state index in [1.165, 1.54) is 6.42 Å². The molecule has 1 aliphatic heterocycles. The lowest BCUT2D eigenvalue weighted by atomic mass is 9.85. The third kappa shape index (κ3) is 4.59. The van der Waals surface area contributed by atoms with Crippen LogP contribution in [0.25, 0.3) is 0 Å². The van der Waals surface area contributed by atoms with Crippen LogP contribution in [0.1, 0.15) is 51.9 Å². The SMILES string of the molecule is CC(NC1CCC(C(F)(F)F)CC1)C(=O)N1CCCCC1. The molecule has 1 heterocycles. The quantitative estimate of drug-likeness (QED) is 0.869. The number of hydrogen-bond donors (Lipinski definition) is 1. The molecule has 0 aromatic heterocycles. The average molecular weight is 306 g/mol. The highest BCUT2D eigenvalue weighted by Gasteiger charge is 2.41. The Morgan fingerprint density at radius 3 is 2.19 bits per heavy atom. The van der Waals surface area contributed by atoms with E-state index in [0.717, 1.165) is 25.9 Å². The van der Waals surface area contributed by atoms with Gasteiger partial charge in [-0.2, -0.15) is 13.2 Å². The van der Waals surface area contributed by atoms with Crippen molar-refractivity contribution >= 4 is 5.91 Å². The highest BCUT2D eigenvalue weighted by Crippen LogP contribution is 2.37. The van der Waals surface area contributed by atoms with Crippen LogP contribution in [0.15, 0.2) is 0 Å². The summed E-state index contributed by atoms with van der Waals surface area (Å²) in [5.41, 5.74) is 0. The largest absolute Gasteiger partial charge is 0.391 e. The summed E-state index contributed by atoms with van der Waals surface area (Å²) in [5, 5.41) is 3.23. The number of amides is 1. The first kappa shape index (κ1) is 16.6. The number of piperidine rings is 1. The lowest BCUT2D eigenvalue weighted by Gasteiger charge is -2.34. The van der Waals surface area contributed by atoms with Gasteiger partial charge in [0.2, 0.25) is 5.91 Å². The topological polar surface area (TPSA) is 32.3 Å². The lowest BCUT2D eigenvalue weighted by Crippen LogP contribution is -2.50. The number of rotatable bonds is 3. The van der Waals surface area contributed by atoms with Gasteiger partial charge in [0.15, 0.2) is 0 Å². The van der Waals surface area contributed by atoms with Crippen molar-refractivity contribution in [2.24, 2.45) is 5.92 Å². The average Bonchev–Trinajstić information content (AvgIpc) is 2.47. The number of carbonyl (C=O) groups excluding carboxylic acids is 1. The van der Waals surface area contributed by atoms with Crippen LogP contribution < -0.4 is 5.32 Å². The van der Waals surface area contributed by atoms with Gasteiger partial charge in [0.1, 0.15) is 0 Å². The minimum Gasteiger partial charge on any atom is -0.341 e. The highest BCUT2D eigenvalue weighted by atomic mass is 19.4. The van der Waals surface area contributed by atoms with Gasteiger partial charge in [-0.25, -0.2) is 0 Å². The third-order valence-corrected chi connectivity index (χ3v) is 4.71. The fraction of sp³-hybridized carbons (Fsp3) is 0.933. The van der Waals surface area contributed by atoms with E-state index in [0.29, 0.717) is 12.8 Å². The van der Waals surface area contributed by atoms with Gasteiger partial charge in [-0.3, -0.25) is 4.79 Å². The Balaban J connectivity index is 1.76. The summed E-state index contributed by atoms with van der Waals surface area (Å²) in [7, 11) is 0. The number of nitrogens with zero attached hydrogens (tertiary/aromatic N) is 1. The fourth-order valence-electron chi connectivity index (χ4n) is 3.40. The predicted molar refractivity (Wildman–Crippen MR) is 74.8 cm³/mol. The second-order valence-corrected chi connectivity index (χ2v) is 6.36. The van der Waals surface area contributed by atoms with Crippen LogP contribution in [0.3, 0.4) is 0 Å². The van der Waals surface area contributed by atoms with Crippen molar-refractivity contribution in [1.82, 2.24) is 10.2 Å². The van der Waals surface area contributed by atoms with Gasteiger partial charge in [-0.1, -0.05) is 0 Å². The Morgan fingerprint density at radius 2 is 1.67 bits per heavy atom. The summed E-state index contributed by atoms with van der Waals surface area (Å²) in [6.07, 6.45) is 0.554. The molecule has 0 aromatic rings. The van der Waals surface area contributed by atoms with Crippen molar-refractivity contribution < 1.29 is 18.0 Å². The van der Waals surface area contributed by atoms with Gasteiger partial charge in [0.25, 0.3) is 0 Å². The standard InChI is InChI=1S/C15H25F3N2O/c1-11(14(21)20-9-3-2-4-10-20)19-13-7-5-12(6-8-13)15(16,17)18/h11-13,19H,2-10H2,1H3. The second kappa shape index (κ2) is 6.99. The van der Waals surface area contributed by atoms with E-state index in [4.69, 9.17) is 0 Å². The molecular weight excluding hydrogens is 281 g/mol. The van der Waals surface area contributed by atoms with E-state index in [9.17, 15) is 18.0 Å². The van der Waals surface area contributed by atoms with Crippen molar-refractivity contribution in [3.63, 3.8) is 0 Å². The number of alkyl halides is 3. The Morgan fingerprint density at radius 1 is 1.10 bits per heavy atom. The number of likely N-dealkylation sites (tertiary alicyclic amines) is 1. The van der Waals surface area contributed by atoms with Gasteiger partial charge in [0, 0.05) is 19.1 Å². The third-order valence-electron chi connectivity index (χ3n) is 4.71. The molecule has 1 N–H and O–H groups in total. The number of hydrogen-bond acceptors (Lipinski definition) is 2. The van der Waals surface area contributed by atoms with Gasteiger partial charge >= 0.3 is 6.18 Å². The monoisotopic (exact) mass is 306 g/mol. The molecule has 1 atom stereocenters. The molecule has 21 heavy (non-hydrogen) atoms. The van der Waals surface area contributed by atoms with Crippen LogP contribution in [0, 0.1) is 5.92 Å². The summed E-state index contributed by atoms with van der Waals surface area (Å²) in [6, 6.07) is -0.261. The van der Waals surface area contributed by atoms with E-state index in [1.807, 2.05) is 11.8 Å². The van der Waals surface area contributed by atoms with Gasteiger partial charge in [-0.15, -0.1) is 0 Å². The zero-order chi connectivity index (χ0) is 15.5. The molecule has 6 heteroatoms. The molecule has 1 amide bonds. The first-order valence-electron chi connectivity index (χ1n) is 7.99. The lowest BCUT2D eigenvalue weighted by molar-refractivity contribution is -0.183. The molecule has 3 nitrogen and oxygen atoms in total. The minimum absolute atomic E-state index is 0.0346. The van der Waals surface area contributed by atoms with Gasteiger partial charge in [0.05, 0.1) is 12.0 Å². The van der Waals surface area contributed by atoms with Crippen LogP contribution in [-0.4, -0.2) is 42.2 Å². The maximum Gasteiger partial charge on any atom is 0.391 e. The molecule has 2 fully saturated rings. The molecule has 1 saturated carbocycles. The second-order valence-electron chi connectivity index (χ2n) is 6.36. The Kier molecular flexibility index (Phi) is 5.52. The first-order valence-corrected chi connectivity index (χ1v) is 7.99. The minimum atomic E-state index is -4.07. The molecule has 1 aliphatic carbocycles. The van der Waals surface area contributed by atoms with E-state index < -0.39 is 12.1 Å². The molecule has 0 spiro atoms. The Hall–Kier alpha value is -0.780. The van der Waals surface area contributed by atoms with Crippen molar-refractivity contribution in [3.05, 3.63) is 0 Å². The molecule has 122 valence electrons. The van der Waals surface area contributed by atoms with E-state index >= 15 is 0 Å². The molecule has 2 rings (SSSR count). The molecule has 0 aromatic carbocycles. The van der Waals surface area contributed by atoms with Gasteiger partial charge < -0.3 is 10.2 Å². The maximum atomic E-state index is 12.6. The van der Waals surface area contributed by atoms with Crippen LogP contribution in [0.2, 0.25) is 0 Å². The molecular formula is C15H25F3N2O. The van der Waals surface area contributed by atoms with Crippen molar-refractivity contribution in [3.8, 4) is 0 Å². The van der Waals surface area contributed by atoms with Crippen molar-refractivity contribution in [2.45, 2.75) is 70.1 Å². The zero-order valence-electron chi connectivity index (χ0n) is 12.6. The van der Waals surface area contributed by atoms with Crippen LogP contribution >= 0.6 is 0 Å². The first-order chi connectivity index (χ1) is 9.88. The van der Waals surface area contributed by atoms with E-state index in [1.54, 1.807) is 0 Å². The summed E-state index contributed by atoms with van der Waals surface area (Å²) in [5.74, 6) is -1.07. The summed E-state index contributed by atoms with van der Waals surface area (Å²) in [4.78, 5) is 14.2. The molecule has 1 saturated heterocycles. The summed E-state index contributed by atoms with van der Waals surface area (Å²) >= 11 is 0. The molecule has 0 bridgehead atoms. The summed E-state index contributed by atoms with van der Waals surface area (Å²) < 4.78 is 37.9. The van der Waals surface area contributed by atoms with E-state index in [2.05, 4.69) is 5.32 Å². The number of halogens is 3. The fourth-order valence-corrected chi connectivity index (χ4v) is 3.40. The number of carbonyl (C=O) groups is 1. The smallest absolute Gasteiger partial charge is 0.341 e. The normalized spacial score (nSPS) is 29.2. The van der Waals surface area contributed by atoms with Gasteiger partial charge in [-0.05, 0) is 51.9 Å². The van der Waals surface area contributed by atoms with Crippen LogP contribution in [0.4, 0.5) is 13.2 Å². The van der Waals surface area contributed by atoms with Crippen LogP contribution in [0.5, 0.6) is 0 Å². The molecule has 2 aliphatic rings. The highest BCUT2D eigenvalue weighted by molar-refractivity contribution is 5.81. The zero-order valence-corrected chi connectivity index (χ0v) is 12.6. The van der Waals surface area contributed by atoms with E-state index in [-0.39, 0.29) is 30.8 Å². The summed E-state index contributed by atoms with van der Waals surface area (Å²) in [6.45, 7) is 3.45. The van der Waals surface area contributed by atoms with Crippen molar-refractivity contribution in [1.29, 1.82) is 0 Å². The Labute approximate surface area is 124 Å². The maximum absolute atomic E-state index is 12.6. The van der Waals surface area contributed by atoms with Crippen molar-refractivity contribution in [2.75, 3.05) is 13.1 Å². The van der Waals surface area contributed by atoms with Crippen LogP contribution in [-0.2, 0) is 4.79 Å². The number of nitrogens with one attached hydrogen (secondary N) is 1. The Bertz CT molecular complexity index is 345.